The predicted octanol–water partition coefficient (Wildman–Crippen LogP) is 3.75. The van der Waals surface area contributed by atoms with Crippen molar-refractivity contribution in [1.82, 2.24) is 0 Å². The topological polar surface area (TPSA) is 0 Å². The van der Waals surface area contributed by atoms with Gasteiger partial charge < -0.3 is 0 Å². The van der Waals surface area contributed by atoms with Crippen LogP contribution in [-0.4, -0.2) is 5.75 Å². The lowest BCUT2D eigenvalue weighted by Crippen LogP contribution is -1.73. The molecule has 0 aromatic heterocycles. The third kappa shape index (κ3) is 4.79. The van der Waals surface area contributed by atoms with Gasteiger partial charge in [0, 0.05) is 17.1 Å². The fourth-order valence-electron chi connectivity index (χ4n) is 1.01. The lowest BCUT2D eigenvalue weighted by molar-refractivity contribution is 1.08. The summed E-state index contributed by atoms with van der Waals surface area (Å²) in [6, 6.07) is 10.4. The van der Waals surface area contributed by atoms with E-state index in [0.717, 1.165) is 18.6 Å². The molecule has 0 aliphatic carbocycles. The largest absolute Gasteiger partial charge is 0.122 e. The van der Waals surface area contributed by atoms with E-state index >= 15 is 0 Å². The highest BCUT2D eigenvalue weighted by atomic mass is 32.2. The third-order valence-corrected chi connectivity index (χ3v) is 2.68. The van der Waals surface area contributed by atoms with Gasteiger partial charge >= 0.3 is 0 Å². The quantitative estimate of drug-likeness (QED) is 0.303. The van der Waals surface area contributed by atoms with E-state index in [1.807, 2.05) is 17.8 Å². The van der Waals surface area contributed by atoms with E-state index in [2.05, 4.69) is 42.3 Å². The first-order valence-electron chi connectivity index (χ1n) is 4.70. The van der Waals surface area contributed by atoms with Crippen molar-refractivity contribution in [2.24, 2.45) is 0 Å². The molecule has 0 atom stereocenters. The predicted molar refractivity (Wildman–Crippen MR) is 64.4 cm³/mol. The molecule has 0 bridgehead atoms. The van der Waals surface area contributed by atoms with Gasteiger partial charge in [-0.05, 0) is 18.6 Å². The van der Waals surface area contributed by atoms with Crippen LogP contribution in [0.2, 0.25) is 0 Å². The Kier molecular flexibility index (Phi) is 5.70. The van der Waals surface area contributed by atoms with Crippen LogP contribution in [0.5, 0.6) is 0 Å². The van der Waals surface area contributed by atoms with Gasteiger partial charge in [-0.1, -0.05) is 30.4 Å². The fraction of sp³-hybridized carbons (Fsp3) is 0.231. The van der Waals surface area contributed by atoms with Gasteiger partial charge in [0.15, 0.2) is 0 Å². The van der Waals surface area contributed by atoms with Gasteiger partial charge in [0.2, 0.25) is 0 Å². The Labute approximate surface area is 90.4 Å². The number of rotatable bonds is 5. The van der Waals surface area contributed by atoms with E-state index in [9.17, 15) is 0 Å². The van der Waals surface area contributed by atoms with Crippen molar-refractivity contribution in [2.75, 3.05) is 5.75 Å². The van der Waals surface area contributed by atoms with Gasteiger partial charge in [0.25, 0.3) is 0 Å². The summed E-state index contributed by atoms with van der Waals surface area (Å²) < 4.78 is 0. The Balaban J connectivity index is 2.16. The molecule has 0 aliphatic rings. The summed E-state index contributed by atoms with van der Waals surface area (Å²) in [6.45, 7) is 0. The smallest absolute Gasteiger partial charge is 0.0160 e. The summed E-state index contributed by atoms with van der Waals surface area (Å²) in [7, 11) is 0. The van der Waals surface area contributed by atoms with Gasteiger partial charge in [-0.3, -0.25) is 0 Å². The third-order valence-electron chi connectivity index (χ3n) is 1.71. The molecule has 0 aliphatic heterocycles. The lowest BCUT2D eigenvalue weighted by atomic mass is 10.3. The van der Waals surface area contributed by atoms with Crippen molar-refractivity contribution >= 4 is 11.8 Å². The van der Waals surface area contributed by atoms with Crippen LogP contribution in [-0.2, 0) is 0 Å². The van der Waals surface area contributed by atoms with Crippen molar-refractivity contribution in [2.45, 2.75) is 17.7 Å². The molecule has 0 unspecified atom stereocenters. The Morgan fingerprint density at radius 1 is 1.21 bits per heavy atom. The van der Waals surface area contributed by atoms with Crippen molar-refractivity contribution in [1.29, 1.82) is 0 Å². The first-order valence-corrected chi connectivity index (χ1v) is 5.68. The van der Waals surface area contributed by atoms with Crippen molar-refractivity contribution < 1.29 is 0 Å². The lowest BCUT2D eigenvalue weighted by Gasteiger charge is -1.95. The summed E-state index contributed by atoms with van der Waals surface area (Å²) in [5.41, 5.74) is 0. The van der Waals surface area contributed by atoms with Crippen LogP contribution in [0, 0.1) is 12.3 Å². The number of thioether (sulfide) groups is 1. The van der Waals surface area contributed by atoms with Crippen LogP contribution in [0.15, 0.2) is 47.4 Å². The average molecular weight is 202 g/mol. The number of hydrogen-bond acceptors (Lipinski definition) is 1. The molecule has 14 heavy (non-hydrogen) atoms. The van der Waals surface area contributed by atoms with Crippen LogP contribution in [0.25, 0.3) is 0 Å². The zero-order valence-electron chi connectivity index (χ0n) is 8.15. The van der Waals surface area contributed by atoms with E-state index in [0.29, 0.717) is 0 Å². The van der Waals surface area contributed by atoms with Crippen molar-refractivity contribution in [3.63, 3.8) is 0 Å². The number of terminal acetylenes is 1. The summed E-state index contributed by atoms with van der Waals surface area (Å²) in [5, 5.41) is 0. The molecule has 0 radical (unpaired) electrons. The van der Waals surface area contributed by atoms with Crippen molar-refractivity contribution in [3.05, 3.63) is 42.5 Å². The van der Waals surface area contributed by atoms with Crippen LogP contribution in [0.1, 0.15) is 12.8 Å². The molecule has 0 saturated carbocycles. The molecule has 1 aromatic rings. The summed E-state index contributed by atoms with van der Waals surface area (Å²) >= 11 is 1.84. The van der Waals surface area contributed by atoms with Gasteiger partial charge in [0.05, 0.1) is 0 Å². The molecule has 1 aromatic carbocycles. The maximum Gasteiger partial charge on any atom is 0.0160 e. The molecule has 0 nitrogen and oxygen atoms in total. The summed E-state index contributed by atoms with van der Waals surface area (Å²) in [6.07, 6.45) is 11.3. The maximum atomic E-state index is 5.15. The van der Waals surface area contributed by atoms with Crippen LogP contribution >= 0.6 is 11.8 Å². The number of benzene rings is 1. The van der Waals surface area contributed by atoms with Gasteiger partial charge in [-0.15, -0.1) is 24.1 Å². The Morgan fingerprint density at radius 2 is 2.00 bits per heavy atom. The fourth-order valence-corrected chi connectivity index (χ4v) is 1.79. The van der Waals surface area contributed by atoms with E-state index in [1.54, 1.807) is 0 Å². The Morgan fingerprint density at radius 3 is 2.71 bits per heavy atom. The van der Waals surface area contributed by atoms with Crippen LogP contribution in [0.3, 0.4) is 0 Å². The Bertz CT molecular complexity index is 306. The molecule has 0 amide bonds. The molecule has 0 saturated heterocycles. The molecule has 0 heterocycles. The van der Waals surface area contributed by atoms with Crippen LogP contribution < -0.4 is 0 Å². The number of unbranched alkanes of at least 4 members (excludes halogenated alkanes) is 1. The minimum absolute atomic E-state index is 0.840. The maximum absolute atomic E-state index is 5.15. The molecule has 72 valence electrons. The highest BCUT2D eigenvalue weighted by molar-refractivity contribution is 7.99. The van der Waals surface area contributed by atoms with E-state index in [1.165, 1.54) is 4.90 Å². The molecule has 0 N–H and O–H groups in total. The number of hydrogen-bond donors (Lipinski definition) is 0. The molecule has 0 spiro atoms. The first kappa shape index (κ1) is 10.9. The first-order chi connectivity index (χ1) is 6.93. The molecule has 0 fully saturated rings. The minimum atomic E-state index is 0.840. The van der Waals surface area contributed by atoms with E-state index < -0.39 is 0 Å². The SMILES string of the molecule is C#CCC/C=C/CSc1ccccc1. The zero-order chi connectivity index (χ0) is 10.1. The highest BCUT2D eigenvalue weighted by Crippen LogP contribution is 2.16. The highest BCUT2D eigenvalue weighted by Gasteiger charge is 1.87. The minimum Gasteiger partial charge on any atom is -0.122 e. The van der Waals surface area contributed by atoms with E-state index in [-0.39, 0.29) is 0 Å². The molecular formula is C13H14S. The second-order valence-corrected chi connectivity index (χ2v) is 3.93. The summed E-state index contributed by atoms with van der Waals surface area (Å²) in [4.78, 5) is 1.31. The van der Waals surface area contributed by atoms with Crippen LogP contribution in [0.4, 0.5) is 0 Å². The van der Waals surface area contributed by atoms with Crippen molar-refractivity contribution in [3.8, 4) is 12.3 Å². The van der Waals surface area contributed by atoms with Gasteiger partial charge in [-0.25, -0.2) is 0 Å². The van der Waals surface area contributed by atoms with Gasteiger partial charge in [-0.2, -0.15) is 0 Å². The number of allylic oxidation sites excluding steroid dienone is 1. The normalized spacial score (nSPS) is 10.2. The second kappa shape index (κ2) is 7.29. The average Bonchev–Trinajstić information content (AvgIpc) is 2.25. The Hall–Kier alpha value is -1.13. The standard InChI is InChI=1S/C13H14S/c1-2-3-4-5-9-12-14-13-10-7-6-8-11-13/h1,5-11H,3-4,12H2/b9-5+. The molecular weight excluding hydrogens is 188 g/mol. The zero-order valence-corrected chi connectivity index (χ0v) is 8.96. The summed E-state index contributed by atoms with van der Waals surface area (Å²) in [5.74, 6) is 3.64. The second-order valence-electron chi connectivity index (χ2n) is 2.84. The monoisotopic (exact) mass is 202 g/mol. The molecule has 1 rings (SSSR count). The molecule has 1 heteroatoms. The van der Waals surface area contributed by atoms with Gasteiger partial charge in [0.1, 0.15) is 0 Å². The van der Waals surface area contributed by atoms with E-state index in [4.69, 9.17) is 6.42 Å².